The van der Waals surface area contributed by atoms with Crippen LogP contribution in [0.15, 0.2) is 5.38 Å². The molecule has 1 aromatic heterocycles. The number of anilines is 1. The molecule has 19 heavy (non-hydrogen) atoms. The number of nitrogens with zero attached hydrogens (tertiary/aromatic N) is 2. The van der Waals surface area contributed by atoms with Crippen molar-refractivity contribution < 1.29 is 9.53 Å². The van der Waals surface area contributed by atoms with Crippen LogP contribution in [-0.4, -0.2) is 30.6 Å². The van der Waals surface area contributed by atoms with Crippen LogP contribution in [0.3, 0.4) is 0 Å². The van der Waals surface area contributed by atoms with Crippen molar-refractivity contribution >= 4 is 22.4 Å². The van der Waals surface area contributed by atoms with Gasteiger partial charge in [0.1, 0.15) is 5.41 Å². The van der Waals surface area contributed by atoms with E-state index in [0.717, 1.165) is 23.9 Å². The van der Waals surface area contributed by atoms with Crippen molar-refractivity contribution in [2.75, 3.05) is 24.6 Å². The smallest absolute Gasteiger partial charge is 0.317 e. The first-order valence-corrected chi connectivity index (χ1v) is 7.82. The predicted molar refractivity (Wildman–Crippen MR) is 77.8 cm³/mol. The zero-order chi connectivity index (χ0) is 13.9. The largest absolute Gasteiger partial charge is 0.465 e. The number of aromatic nitrogens is 1. The van der Waals surface area contributed by atoms with Crippen LogP contribution in [0.1, 0.15) is 45.7 Å². The minimum Gasteiger partial charge on any atom is -0.465 e. The van der Waals surface area contributed by atoms with E-state index < -0.39 is 5.41 Å². The molecule has 0 aromatic carbocycles. The summed E-state index contributed by atoms with van der Waals surface area (Å²) in [5.41, 5.74) is 0.150. The summed E-state index contributed by atoms with van der Waals surface area (Å²) in [7, 11) is 0. The molecule has 0 radical (unpaired) electrons. The Labute approximate surface area is 118 Å². The Morgan fingerprint density at radius 1 is 1.42 bits per heavy atom. The van der Waals surface area contributed by atoms with Crippen LogP contribution in [0.2, 0.25) is 0 Å². The molecule has 0 amide bonds. The van der Waals surface area contributed by atoms with Crippen molar-refractivity contribution in [3.63, 3.8) is 0 Å². The highest BCUT2D eigenvalue weighted by atomic mass is 32.1. The molecule has 106 valence electrons. The first kappa shape index (κ1) is 14.3. The van der Waals surface area contributed by atoms with Crippen LogP contribution in [-0.2, 0) is 14.9 Å². The normalized spacial score (nSPS) is 16.5. The van der Waals surface area contributed by atoms with Gasteiger partial charge in [-0.1, -0.05) is 0 Å². The lowest BCUT2D eigenvalue weighted by molar-refractivity contribution is -0.148. The lowest BCUT2D eigenvalue weighted by Gasteiger charge is -2.26. The van der Waals surface area contributed by atoms with E-state index in [2.05, 4.69) is 9.88 Å². The zero-order valence-electron chi connectivity index (χ0n) is 11.9. The van der Waals surface area contributed by atoms with Crippen LogP contribution in [0.4, 0.5) is 5.13 Å². The van der Waals surface area contributed by atoms with Crippen LogP contribution >= 0.6 is 11.3 Å². The van der Waals surface area contributed by atoms with Gasteiger partial charge in [-0.15, -0.1) is 11.3 Å². The minimum absolute atomic E-state index is 0.203. The summed E-state index contributed by atoms with van der Waals surface area (Å²) in [6.07, 6.45) is 3.77. The van der Waals surface area contributed by atoms with E-state index in [1.165, 1.54) is 19.3 Å². The van der Waals surface area contributed by atoms with Crippen LogP contribution in [0, 0.1) is 0 Å². The third kappa shape index (κ3) is 3.08. The van der Waals surface area contributed by atoms with Gasteiger partial charge < -0.3 is 9.64 Å². The van der Waals surface area contributed by atoms with Gasteiger partial charge in [0, 0.05) is 18.5 Å². The molecule has 0 N–H and O–H groups in total. The summed E-state index contributed by atoms with van der Waals surface area (Å²) in [4.78, 5) is 19.0. The van der Waals surface area contributed by atoms with Gasteiger partial charge in [0.2, 0.25) is 0 Å². The van der Waals surface area contributed by atoms with Gasteiger partial charge in [-0.2, -0.15) is 0 Å². The van der Waals surface area contributed by atoms with E-state index in [-0.39, 0.29) is 5.97 Å². The second-order valence-electron chi connectivity index (χ2n) is 5.41. The number of ether oxygens (including phenoxy) is 1. The lowest BCUT2D eigenvalue weighted by Crippen LogP contribution is -2.32. The lowest BCUT2D eigenvalue weighted by atomic mass is 9.90. The topological polar surface area (TPSA) is 42.4 Å². The number of thiazole rings is 1. The molecular formula is C14H22N2O2S. The second-order valence-corrected chi connectivity index (χ2v) is 6.25. The summed E-state index contributed by atoms with van der Waals surface area (Å²) in [5.74, 6) is -0.203. The van der Waals surface area contributed by atoms with E-state index >= 15 is 0 Å². The molecule has 0 bridgehead atoms. The fourth-order valence-corrected chi connectivity index (χ4v) is 3.24. The Kier molecular flexibility index (Phi) is 4.45. The predicted octanol–water partition coefficient (Wildman–Crippen LogP) is 2.97. The maximum absolute atomic E-state index is 12.0. The van der Waals surface area contributed by atoms with Crippen LogP contribution < -0.4 is 4.90 Å². The number of carbonyl (C=O) groups excluding carboxylic acids is 1. The van der Waals surface area contributed by atoms with Crippen molar-refractivity contribution in [2.24, 2.45) is 0 Å². The first-order chi connectivity index (χ1) is 9.05. The highest BCUT2D eigenvalue weighted by molar-refractivity contribution is 7.13. The van der Waals surface area contributed by atoms with Gasteiger partial charge in [0.15, 0.2) is 5.13 Å². The third-order valence-electron chi connectivity index (χ3n) is 3.54. The summed E-state index contributed by atoms with van der Waals surface area (Å²) < 4.78 is 5.13. The standard InChI is InChI=1S/C14H22N2O2S/c1-4-18-12(17)14(2,3)11-10-19-13(15-11)16-8-6-5-7-9-16/h10H,4-9H2,1-3H3. The van der Waals surface area contributed by atoms with Crippen LogP contribution in [0.5, 0.6) is 0 Å². The average molecular weight is 282 g/mol. The monoisotopic (exact) mass is 282 g/mol. The fraction of sp³-hybridized carbons (Fsp3) is 0.714. The number of carbonyl (C=O) groups is 1. The Balaban J connectivity index is 2.13. The molecule has 1 aromatic rings. The first-order valence-electron chi connectivity index (χ1n) is 6.94. The molecule has 1 fully saturated rings. The molecule has 1 aliphatic heterocycles. The Morgan fingerprint density at radius 2 is 2.11 bits per heavy atom. The maximum Gasteiger partial charge on any atom is 0.317 e. The van der Waals surface area contributed by atoms with Crippen molar-refractivity contribution in [1.29, 1.82) is 0 Å². The molecule has 0 aliphatic carbocycles. The Hall–Kier alpha value is -1.10. The number of rotatable bonds is 4. The summed E-state index contributed by atoms with van der Waals surface area (Å²) >= 11 is 1.63. The van der Waals surface area contributed by atoms with Crippen LogP contribution in [0.25, 0.3) is 0 Å². The molecule has 0 atom stereocenters. The second kappa shape index (κ2) is 5.90. The highest BCUT2D eigenvalue weighted by Crippen LogP contribution is 2.31. The number of esters is 1. The Bertz CT molecular complexity index is 436. The van der Waals surface area contributed by atoms with Gasteiger partial charge in [0.25, 0.3) is 0 Å². The number of hydrogen-bond acceptors (Lipinski definition) is 5. The molecule has 1 saturated heterocycles. The fourth-order valence-electron chi connectivity index (χ4n) is 2.20. The minimum atomic E-state index is -0.666. The van der Waals surface area contributed by atoms with Gasteiger partial charge in [-0.25, -0.2) is 4.98 Å². The third-order valence-corrected chi connectivity index (χ3v) is 4.45. The molecule has 2 heterocycles. The SMILES string of the molecule is CCOC(=O)C(C)(C)c1csc(N2CCCCC2)n1. The molecule has 0 spiro atoms. The van der Waals surface area contributed by atoms with Crippen molar-refractivity contribution in [3.8, 4) is 0 Å². The Morgan fingerprint density at radius 3 is 2.74 bits per heavy atom. The van der Waals surface area contributed by atoms with Crippen molar-refractivity contribution in [2.45, 2.75) is 45.4 Å². The van der Waals surface area contributed by atoms with Gasteiger partial charge in [-0.3, -0.25) is 4.79 Å². The molecule has 1 aliphatic rings. The van der Waals surface area contributed by atoms with E-state index in [4.69, 9.17) is 4.74 Å². The number of piperidine rings is 1. The molecule has 0 unspecified atom stereocenters. The van der Waals surface area contributed by atoms with Gasteiger partial charge in [0.05, 0.1) is 12.3 Å². The van der Waals surface area contributed by atoms with E-state index in [1.807, 2.05) is 26.2 Å². The molecule has 5 heteroatoms. The number of hydrogen-bond donors (Lipinski definition) is 0. The van der Waals surface area contributed by atoms with Gasteiger partial charge in [-0.05, 0) is 40.0 Å². The average Bonchev–Trinajstić information content (AvgIpc) is 2.90. The molecule has 0 saturated carbocycles. The molecule has 2 rings (SSSR count). The van der Waals surface area contributed by atoms with E-state index in [1.54, 1.807) is 11.3 Å². The van der Waals surface area contributed by atoms with Crippen molar-refractivity contribution in [3.05, 3.63) is 11.1 Å². The van der Waals surface area contributed by atoms with E-state index in [9.17, 15) is 4.79 Å². The zero-order valence-corrected chi connectivity index (χ0v) is 12.8. The summed E-state index contributed by atoms with van der Waals surface area (Å²) in [6, 6.07) is 0. The quantitative estimate of drug-likeness (QED) is 0.796. The van der Waals surface area contributed by atoms with Gasteiger partial charge >= 0.3 is 5.97 Å². The molecular weight excluding hydrogens is 260 g/mol. The summed E-state index contributed by atoms with van der Waals surface area (Å²) in [5, 5.41) is 3.02. The van der Waals surface area contributed by atoms with Crippen molar-refractivity contribution in [1.82, 2.24) is 4.98 Å². The molecule has 4 nitrogen and oxygen atoms in total. The maximum atomic E-state index is 12.0. The van der Waals surface area contributed by atoms with E-state index in [0.29, 0.717) is 6.61 Å². The highest BCUT2D eigenvalue weighted by Gasteiger charge is 2.34. The summed E-state index contributed by atoms with van der Waals surface area (Å²) in [6.45, 7) is 8.14.